The minimum absolute atomic E-state index is 0.220. The van der Waals surface area contributed by atoms with E-state index in [0.29, 0.717) is 21.5 Å². The quantitative estimate of drug-likeness (QED) is 0.701. The van der Waals surface area contributed by atoms with Gasteiger partial charge in [-0.1, -0.05) is 41.9 Å². The van der Waals surface area contributed by atoms with E-state index >= 15 is 0 Å². The highest BCUT2D eigenvalue weighted by Crippen LogP contribution is 2.21. The topological polar surface area (TPSA) is 60.3 Å². The fraction of sp³-hybridized carbons (Fsp3) is 0.158. The molecule has 0 saturated carbocycles. The highest BCUT2D eigenvalue weighted by atomic mass is 35.5. The second-order valence-electron chi connectivity index (χ2n) is 5.66. The summed E-state index contributed by atoms with van der Waals surface area (Å²) in [6.45, 7) is 0.560. The van der Waals surface area contributed by atoms with Gasteiger partial charge in [0.25, 0.3) is 5.91 Å². The number of pyridine rings is 1. The van der Waals surface area contributed by atoms with Gasteiger partial charge in [-0.15, -0.1) is 11.3 Å². The highest BCUT2D eigenvalue weighted by molar-refractivity contribution is 7.17. The number of hydrogen-bond acceptors (Lipinski definition) is 4. The lowest BCUT2D eigenvalue weighted by atomic mass is 10.2. The lowest BCUT2D eigenvalue weighted by Gasteiger charge is -2.12. The number of aryl methyl sites for hydroxylation is 1. The molecule has 2 aromatic heterocycles. The minimum Gasteiger partial charge on any atom is -0.483 e. The SMILES string of the molecule is Cn1cc(OCc2ccccc2)c(=O)cc1CNC(=O)c1ccc(Cl)s1. The fourth-order valence-electron chi connectivity index (χ4n) is 2.36. The number of aromatic nitrogens is 1. The maximum atomic E-state index is 12.3. The molecular formula is C19H17ClN2O3S. The van der Waals surface area contributed by atoms with Crippen molar-refractivity contribution in [2.75, 3.05) is 0 Å². The average Bonchev–Trinajstić information content (AvgIpc) is 3.08. The lowest BCUT2D eigenvalue weighted by Crippen LogP contribution is -2.25. The Morgan fingerprint density at radius 3 is 2.69 bits per heavy atom. The number of carbonyl (C=O) groups is 1. The van der Waals surface area contributed by atoms with Gasteiger partial charge in [-0.05, 0) is 17.7 Å². The molecule has 1 N–H and O–H groups in total. The van der Waals surface area contributed by atoms with Crippen LogP contribution in [0.1, 0.15) is 20.9 Å². The molecule has 7 heteroatoms. The molecule has 0 aliphatic rings. The zero-order chi connectivity index (χ0) is 18.5. The molecule has 5 nitrogen and oxygen atoms in total. The van der Waals surface area contributed by atoms with Crippen molar-refractivity contribution in [3.05, 3.63) is 85.4 Å². The van der Waals surface area contributed by atoms with Gasteiger partial charge in [0.05, 0.1) is 22.0 Å². The van der Waals surface area contributed by atoms with Gasteiger partial charge in [-0.3, -0.25) is 9.59 Å². The van der Waals surface area contributed by atoms with E-state index in [1.54, 1.807) is 29.9 Å². The number of amides is 1. The summed E-state index contributed by atoms with van der Waals surface area (Å²) in [6, 6.07) is 14.5. The third-order valence-corrected chi connectivity index (χ3v) is 5.00. The number of thiophene rings is 1. The molecule has 0 fully saturated rings. The summed E-state index contributed by atoms with van der Waals surface area (Å²) in [7, 11) is 1.80. The fourth-order valence-corrected chi connectivity index (χ4v) is 3.32. The zero-order valence-corrected chi connectivity index (χ0v) is 15.6. The van der Waals surface area contributed by atoms with Gasteiger partial charge in [0, 0.05) is 18.8 Å². The van der Waals surface area contributed by atoms with E-state index in [9.17, 15) is 9.59 Å². The first-order valence-corrected chi connectivity index (χ1v) is 9.12. The Bertz CT molecular complexity index is 966. The highest BCUT2D eigenvalue weighted by Gasteiger charge is 2.11. The Morgan fingerprint density at radius 2 is 2.00 bits per heavy atom. The van der Waals surface area contributed by atoms with Crippen LogP contribution in [-0.2, 0) is 20.2 Å². The van der Waals surface area contributed by atoms with Crippen LogP contribution in [0, 0.1) is 0 Å². The molecule has 2 heterocycles. The third kappa shape index (κ3) is 4.53. The Balaban J connectivity index is 1.65. The molecule has 3 rings (SSSR count). The Kier molecular flexibility index (Phi) is 5.75. The van der Waals surface area contributed by atoms with E-state index < -0.39 is 0 Å². The molecule has 0 atom stereocenters. The van der Waals surface area contributed by atoms with Crippen molar-refractivity contribution in [2.45, 2.75) is 13.2 Å². The first-order valence-electron chi connectivity index (χ1n) is 7.93. The monoisotopic (exact) mass is 388 g/mol. The van der Waals surface area contributed by atoms with Gasteiger partial charge >= 0.3 is 0 Å². The van der Waals surface area contributed by atoms with Crippen LogP contribution in [-0.4, -0.2) is 10.5 Å². The summed E-state index contributed by atoms with van der Waals surface area (Å²) < 4.78 is 7.95. The Hall–Kier alpha value is -2.57. The van der Waals surface area contributed by atoms with E-state index in [-0.39, 0.29) is 23.6 Å². The molecule has 134 valence electrons. The van der Waals surface area contributed by atoms with E-state index in [0.717, 1.165) is 5.56 Å². The summed E-state index contributed by atoms with van der Waals surface area (Å²) in [6.07, 6.45) is 1.63. The molecule has 3 aromatic rings. The predicted molar refractivity (Wildman–Crippen MR) is 103 cm³/mol. The summed E-state index contributed by atoms with van der Waals surface area (Å²) in [5, 5.41) is 2.79. The van der Waals surface area contributed by atoms with Gasteiger partial charge in [0.1, 0.15) is 6.61 Å². The largest absolute Gasteiger partial charge is 0.483 e. The number of nitrogens with one attached hydrogen (secondary N) is 1. The van der Waals surface area contributed by atoms with E-state index in [4.69, 9.17) is 16.3 Å². The Labute approximate surface area is 159 Å². The number of rotatable bonds is 6. The molecule has 0 unspecified atom stereocenters. The predicted octanol–water partition coefficient (Wildman–Crippen LogP) is 3.61. The van der Waals surface area contributed by atoms with Crippen LogP contribution in [0.15, 0.2) is 59.5 Å². The van der Waals surface area contributed by atoms with Gasteiger partial charge in [0.2, 0.25) is 5.43 Å². The number of halogens is 1. The van der Waals surface area contributed by atoms with Gasteiger partial charge < -0.3 is 14.6 Å². The van der Waals surface area contributed by atoms with Crippen molar-refractivity contribution in [1.82, 2.24) is 9.88 Å². The molecular weight excluding hydrogens is 372 g/mol. The number of nitrogens with zero attached hydrogens (tertiary/aromatic N) is 1. The third-order valence-electron chi connectivity index (χ3n) is 3.77. The molecule has 0 radical (unpaired) electrons. The molecule has 0 spiro atoms. The van der Waals surface area contributed by atoms with Crippen molar-refractivity contribution in [2.24, 2.45) is 7.05 Å². The van der Waals surface area contributed by atoms with E-state index in [1.165, 1.54) is 17.4 Å². The first-order chi connectivity index (χ1) is 12.5. The maximum absolute atomic E-state index is 12.3. The first kappa shape index (κ1) is 18.2. The second-order valence-corrected chi connectivity index (χ2v) is 7.38. The standard InChI is InChI=1S/C19H17ClN2O3S/c1-22-11-16(25-12-13-5-3-2-4-6-13)15(23)9-14(22)10-21-19(24)17-7-8-18(20)26-17/h2-9,11H,10,12H2,1H3,(H,21,24). The van der Waals surface area contributed by atoms with E-state index in [1.807, 2.05) is 30.3 Å². The minimum atomic E-state index is -0.223. The number of carbonyl (C=O) groups excluding carboxylic acids is 1. The van der Waals surface area contributed by atoms with Crippen LogP contribution in [0.2, 0.25) is 4.34 Å². The number of hydrogen-bond donors (Lipinski definition) is 1. The van der Waals surface area contributed by atoms with Crippen molar-refractivity contribution in [1.29, 1.82) is 0 Å². The van der Waals surface area contributed by atoms with Crippen molar-refractivity contribution in [3.63, 3.8) is 0 Å². The number of ether oxygens (including phenoxy) is 1. The van der Waals surface area contributed by atoms with Crippen LogP contribution >= 0.6 is 22.9 Å². The summed E-state index contributed by atoms with van der Waals surface area (Å²) in [5.74, 6) is 0.0511. The smallest absolute Gasteiger partial charge is 0.261 e. The van der Waals surface area contributed by atoms with Crippen molar-refractivity contribution in [3.8, 4) is 5.75 Å². The lowest BCUT2D eigenvalue weighted by molar-refractivity contribution is 0.0954. The van der Waals surface area contributed by atoms with Gasteiger partial charge in [-0.25, -0.2) is 0 Å². The van der Waals surface area contributed by atoms with Gasteiger partial charge in [0.15, 0.2) is 5.75 Å². The maximum Gasteiger partial charge on any atom is 0.261 e. The summed E-state index contributed by atoms with van der Waals surface area (Å²) in [4.78, 5) is 24.9. The van der Waals surface area contributed by atoms with Crippen LogP contribution in [0.3, 0.4) is 0 Å². The van der Waals surface area contributed by atoms with Gasteiger partial charge in [-0.2, -0.15) is 0 Å². The molecule has 0 bridgehead atoms. The van der Waals surface area contributed by atoms with Crippen LogP contribution < -0.4 is 15.5 Å². The molecule has 1 aromatic carbocycles. The van der Waals surface area contributed by atoms with E-state index in [2.05, 4.69) is 5.32 Å². The molecule has 0 aliphatic heterocycles. The van der Waals surface area contributed by atoms with Crippen molar-refractivity contribution >= 4 is 28.8 Å². The normalized spacial score (nSPS) is 10.5. The summed E-state index contributed by atoms with van der Waals surface area (Å²) in [5.41, 5.74) is 1.45. The summed E-state index contributed by atoms with van der Waals surface area (Å²) >= 11 is 7.05. The molecule has 26 heavy (non-hydrogen) atoms. The molecule has 0 saturated heterocycles. The zero-order valence-electron chi connectivity index (χ0n) is 14.1. The van der Waals surface area contributed by atoms with Crippen LogP contribution in [0.4, 0.5) is 0 Å². The average molecular weight is 389 g/mol. The van der Waals surface area contributed by atoms with Crippen LogP contribution in [0.5, 0.6) is 5.75 Å². The van der Waals surface area contributed by atoms with Crippen LogP contribution in [0.25, 0.3) is 0 Å². The van der Waals surface area contributed by atoms with Crippen molar-refractivity contribution < 1.29 is 9.53 Å². The number of benzene rings is 1. The Morgan fingerprint density at radius 1 is 1.23 bits per heavy atom. The second kappa shape index (κ2) is 8.21. The molecule has 0 aliphatic carbocycles. The molecule has 1 amide bonds.